The predicted molar refractivity (Wildman–Crippen MR) is 257 cm³/mol. The summed E-state index contributed by atoms with van der Waals surface area (Å²) >= 11 is 0. The predicted octanol–water partition coefficient (Wildman–Crippen LogP) is 15.1. The summed E-state index contributed by atoms with van der Waals surface area (Å²) in [6.45, 7) is 18.2. The van der Waals surface area contributed by atoms with Gasteiger partial charge in [-0.05, 0) is 180 Å². The van der Waals surface area contributed by atoms with Crippen LogP contribution in [-0.2, 0) is 10.8 Å². The van der Waals surface area contributed by atoms with Gasteiger partial charge in [0.1, 0.15) is 0 Å². The fraction of sp³-hybridized carbons (Fsp3) is 0.175. The first-order chi connectivity index (χ1) is 29.3. The molecule has 298 valence electrons. The van der Waals surface area contributed by atoms with Crippen LogP contribution in [-0.4, -0.2) is 0 Å². The van der Waals surface area contributed by atoms with Crippen LogP contribution >= 0.6 is 0 Å². The largest absolute Gasteiger partial charge is 0.399 e. The molecule has 0 aromatic heterocycles. The Labute approximate surface area is 360 Å². The van der Waals surface area contributed by atoms with Crippen LogP contribution in [0.4, 0.5) is 39.8 Å². The summed E-state index contributed by atoms with van der Waals surface area (Å²) < 4.78 is 0. The highest BCUT2D eigenvalue weighted by Gasteiger charge is 2.43. The van der Waals surface area contributed by atoms with Crippen molar-refractivity contribution in [3.05, 3.63) is 196 Å². The second-order valence-electron chi connectivity index (χ2n) is 18.3. The molecule has 8 aromatic carbocycles. The van der Waals surface area contributed by atoms with Gasteiger partial charge < -0.3 is 15.5 Å². The highest BCUT2D eigenvalue weighted by atomic mass is 15.2. The van der Waals surface area contributed by atoms with E-state index in [1.165, 1.54) is 77.5 Å². The van der Waals surface area contributed by atoms with Crippen LogP contribution in [0.1, 0.15) is 77.8 Å². The first kappa shape index (κ1) is 38.1. The van der Waals surface area contributed by atoms with Crippen molar-refractivity contribution in [3.8, 4) is 28.3 Å². The minimum absolute atomic E-state index is 0.247. The van der Waals surface area contributed by atoms with E-state index in [0.717, 1.165) is 39.8 Å². The number of nitrogen functional groups attached to an aromatic ring is 1. The quantitative estimate of drug-likeness (QED) is 0.170. The van der Waals surface area contributed by atoms with Crippen LogP contribution in [0.25, 0.3) is 33.0 Å². The number of hydrogen-bond donors (Lipinski definition) is 1. The van der Waals surface area contributed by atoms with Crippen molar-refractivity contribution in [2.24, 2.45) is 0 Å². The van der Waals surface area contributed by atoms with E-state index in [9.17, 15) is 5.26 Å². The van der Waals surface area contributed by atoms with E-state index in [2.05, 4.69) is 193 Å². The Morgan fingerprint density at radius 3 is 1.62 bits per heavy atom. The molecule has 2 aliphatic carbocycles. The molecule has 8 aromatic rings. The van der Waals surface area contributed by atoms with Gasteiger partial charge in [0.05, 0.1) is 17.3 Å². The topological polar surface area (TPSA) is 56.3 Å². The number of anilines is 7. The van der Waals surface area contributed by atoms with Crippen molar-refractivity contribution in [2.75, 3.05) is 15.5 Å². The SMILES string of the molecule is Cc1ccc(N(c2ccc(N)cc2)c2ccc3c(c2)C(C)(C)c2cc4c(cc2-3)C(C)(C)c2cc(N(c3ccc(C#N)cc3)c3ccc(C)cc3C)c3ccccc3c2-4)c(C)c1. The molecule has 4 heteroatoms. The Kier molecular flexibility index (Phi) is 8.58. The molecule has 0 aliphatic heterocycles. The highest BCUT2D eigenvalue weighted by molar-refractivity contribution is 6.10. The molecule has 2 N–H and O–H groups in total. The van der Waals surface area contributed by atoms with Crippen LogP contribution < -0.4 is 15.5 Å². The van der Waals surface area contributed by atoms with Crippen molar-refractivity contribution in [2.45, 2.75) is 66.2 Å². The average molecular weight is 791 g/mol. The van der Waals surface area contributed by atoms with Crippen LogP contribution in [0.3, 0.4) is 0 Å². The van der Waals surface area contributed by atoms with Gasteiger partial charge in [-0.15, -0.1) is 0 Å². The molecular formula is C57H50N4. The number of nitrogens with zero attached hydrogens (tertiary/aromatic N) is 3. The van der Waals surface area contributed by atoms with Gasteiger partial charge in [0.25, 0.3) is 0 Å². The van der Waals surface area contributed by atoms with Gasteiger partial charge in [-0.3, -0.25) is 0 Å². The first-order valence-electron chi connectivity index (χ1n) is 21.3. The minimum Gasteiger partial charge on any atom is -0.399 e. The molecule has 10 rings (SSSR count). The van der Waals surface area contributed by atoms with Gasteiger partial charge in [0, 0.05) is 50.3 Å². The Morgan fingerprint density at radius 2 is 0.984 bits per heavy atom. The van der Waals surface area contributed by atoms with Crippen molar-refractivity contribution in [1.29, 1.82) is 5.26 Å². The molecule has 0 saturated carbocycles. The van der Waals surface area contributed by atoms with E-state index in [4.69, 9.17) is 5.73 Å². The highest BCUT2D eigenvalue weighted by Crippen LogP contribution is 2.59. The number of aryl methyl sites for hydroxylation is 4. The Morgan fingerprint density at radius 1 is 0.459 bits per heavy atom. The Hall–Kier alpha value is -7.09. The molecule has 2 aliphatic rings. The summed E-state index contributed by atoms with van der Waals surface area (Å²) in [4.78, 5) is 4.76. The van der Waals surface area contributed by atoms with Gasteiger partial charge in [-0.2, -0.15) is 5.26 Å². The maximum absolute atomic E-state index is 9.69. The normalized spacial score (nSPS) is 13.9. The van der Waals surface area contributed by atoms with E-state index >= 15 is 0 Å². The van der Waals surface area contributed by atoms with Crippen LogP contribution in [0.2, 0.25) is 0 Å². The van der Waals surface area contributed by atoms with Crippen LogP contribution in [0, 0.1) is 39.0 Å². The molecule has 0 radical (unpaired) electrons. The summed E-state index contributed by atoms with van der Waals surface area (Å²) in [7, 11) is 0. The van der Waals surface area contributed by atoms with E-state index < -0.39 is 0 Å². The van der Waals surface area contributed by atoms with Gasteiger partial charge in [-0.1, -0.05) is 93.4 Å². The van der Waals surface area contributed by atoms with Gasteiger partial charge in [0.2, 0.25) is 0 Å². The molecule has 0 bridgehead atoms. The lowest BCUT2D eigenvalue weighted by molar-refractivity contribution is 0.652. The third kappa shape index (κ3) is 5.87. The van der Waals surface area contributed by atoms with Crippen molar-refractivity contribution in [1.82, 2.24) is 0 Å². The lowest BCUT2D eigenvalue weighted by Crippen LogP contribution is -2.18. The van der Waals surface area contributed by atoms with Crippen molar-refractivity contribution >= 4 is 50.6 Å². The van der Waals surface area contributed by atoms with Crippen molar-refractivity contribution in [3.63, 3.8) is 0 Å². The van der Waals surface area contributed by atoms with Gasteiger partial charge >= 0.3 is 0 Å². The third-order valence-corrected chi connectivity index (χ3v) is 13.5. The smallest absolute Gasteiger partial charge is 0.0991 e. The molecule has 0 spiro atoms. The number of fused-ring (bicyclic) bond motifs is 8. The van der Waals surface area contributed by atoms with E-state index in [-0.39, 0.29) is 10.8 Å². The zero-order valence-corrected chi connectivity index (χ0v) is 36.3. The minimum atomic E-state index is -0.279. The maximum Gasteiger partial charge on any atom is 0.0991 e. The number of nitriles is 1. The Bertz CT molecular complexity index is 3140. The molecule has 0 saturated heterocycles. The summed E-state index contributed by atoms with van der Waals surface area (Å²) in [5.74, 6) is 0. The number of nitrogens with two attached hydrogens (primary N) is 1. The average Bonchev–Trinajstić information content (AvgIpc) is 3.61. The Balaban J connectivity index is 1.15. The number of rotatable bonds is 6. The van der Waals surface area contributed by atoms with E-state index in [0.29, 0.717) is 5.56 Å². The van der Waals surface area contributed by atoms with Crippen LogP contribution in [0.15, 0.2) is 146 Å². The second-order valence-corrected chi connectivity index (χ2v) is 18.3. The lowest BCUT2D eigenvalue weighted by Gasteiger charge is -2.31. The summed E-state index contributed by atoms with van der Waals surface area (Å²) in [5.41, 5.74) is 29.2. The fourth-order valence-corrected chi connectivity index (χ4v) is 10.4. The summed E-state index contributed by atoms with van der Waals surface area (Å²) in [6.07, 6.45) is 0. The molecule has 0 fully saturated rings. The van der Waals surface area contributed by atoms with E-state index in [1.807, 2.05) is 24.3 Å². The first-order valence-corrected chi connectivity index (χ1v) is 21.3. The third-order valence-electron chi connectivity index (χ3n) is 13.5. The summed E-state index contributed by atoms with van der Waals surface area (Å²) in [5, 5.41) is 12.1. The van der Waals surface area contributed by atoms with Crippen molar-refractivity contribution < 1.29 is 0 Å². The molecule has 4 nitrogen and oxygen atoms in total. The number of hydrogen-bond acceptors (Lipinski definition) is 4. The van der Waals surface area contributed by atoms with Gasteiger partial charge in [-0.25, -0.2) is 0 Å². The van der Waals surface area contributed by atoms with Crippen LogP contribution in [0.5, 0.6) is 0 Å². The maximum atomic E-state index is 9.69. The monoisotopic (exact) mass is 790 g/mol. The molecular weight excluding hydrogens is 741 g/mol. The molecule has 0 amide bonds. The zero-order chi connectivity index (χ0) is 42.5. The number of benzene rings is 8. The lowest BCUT2D eigenvalue weighted by atomic mass is 9.79. The summed E-state index contributed by atoms with van der Waals surface area (Å²) in [6, 6.07) is 55.3. The van der Waals surface area contributed by atoms with E-state index in [1.54, 1.807) is 0 Å². The fourth-order valence-electron chi connectivity index (χ4n) is 10.4. The second kappa shape index (κ2) is 13.7. The zero-order valence-electron chi connectivity index (χ0n) is 36.3. The molecule has 0 atom stereocenters. The van der Waals surface area contributed by atoms with Gasteiger partial charge in [0.15, 0.2) is 0 Å². The standard InChI is InChI=1S/C57H50N4/c1-34-13-25-52(36(3)27-34)60(40-21-17-39(59)18-22-40)42-23-24-43-46-30-50-47(31-49(46)56(5,6)48(43)29-42)55-45-12-10-9-11-44(45)54(32-51(55)57(50,7)8)61(41-19-15-38(33-58)16-20-41)53-26-14-35(2)28-37(53)4/h9-32H,59H2,1-8H3. The molecule has 0 heterocycles. The molecule has 0 unspecified atom stereocenters. The molecule has 61 heavy (non-hydrogen) atoms.